The van der Waals surface area contributed by atoms with Crippen LogP contribution >= 0.6 is 11.3 Å². The second-order valence-corrected chi connectivity index (χ2v) is 19.1. The third-order valence-corrected chi connectivity index (χ3v) is 15.6. The van der Waals surface area contributed by atoms with Crippen molar-refractivity contribution in [2.45, 2.75) is 86.2 Å². The van der Waals surface area contributed by atoms with Crippen molar-refractivity contribution in [1.29, 1.82) is 0 Å². The predicted octanol–water partition coefficient (Wildman–Crippen LogP) is 10.8. The van der Waals surface area contributed by atoms with Crippen molar-refractivity contribution in [2.24, 2.45) is 11.8 Å². The van der Waals surface area contributed by atoms with Gasteiger partial charge >= 0.3 is 0 Å². The van der Waals surface area contributed by atoms with Gasteiger partial charge in [-0.25, -0.2) is 0 Å². The Bertz CT molecular complexity index is 1910. The summed E-state index contributed by atoms with van der Waals surface area (Å²) >= 11 is 1.88. The van der Waals surface area contributed by atoms with Crippen LogP contribution in [0.15, 0.2) is 78.7 Å². The molecule has 2 aromatic heterocycles. The molecule has 0 aliphatic carbocycles. The van der Waals surface area contributed by atoms with Gasteiger partial charge in [0, 0.05) is 64.5 Å². The Kier molecular flexibility index (Phi) is 12.6. The van der Waals surface area contributed by atoms with Crippen molar-refractivity contribution in [2.75, 3.05) is 0 Å². The van der Waals surface area contributed by atoms with Crippen molar-refractivity contribution >= 4 is 55.7 Å². The number of benzene rings is 3. The molecule has 0 saturated carbocycles. The zero-order valence-corrected chi connectivity index (χ0v) is 33.7. The average molecular weight is 855 g/mol. The third-order valence-electron chi connectivity index (χ3n) is 9.67. The molecule has 0 spiro atoms. The first-order valence-electron chi connectivity index (χ1n) is 17.1. The molecule has 6 rings (SSSR count). The summed E-state index contributed by atoms with van der Waals surface area (Å²) in [6.45, 7) is 17.4. The van der Waals surface area contributed by atoms with Crippen LogP contribution in [0.25, 0.3) is 32.1 Å². The Morgan fingerprint density at radius 2 is 1.54 bits per heavy atom. The minimum atomic E-state index is -1.96. The molecule has 7 heteroatoms. The number of ether oxygens (including phenoxy) is 1. The molecule has 0 saturated heterocycles. The molecule has 4 nitrogen and oxygen atoms in total. The molecule has 1 aliphatic rings. The van der Waals surface area contributed by atoms with Gasteiger partial charge in [-0.3, -0.25) is 9.78 Å². The topological polar surface area (TPSA) is 59.4 Å². The number of hydrogen-bond donors (Lipinski definition) is 1. The van der Waals surface area contributed by atoms with Gasteiger partial charge in [0.25, 0.3) is 0 Å². The van der Waals surface area contributed by atoms with E-state index in [-0.39, 0.29) is 43.5 Å². The van der Waals surface area contributed by atoms with Gasteiger partial charge in [-0.15, -0.1) is 28.9 Å². The summed E-state index contributed by atoms with van der Waals surface area (Å²) in [6.07, 6.45) is 6.84. The molecule has 3 heterocycles. The van der Waals surface area contributed by atoms with Crippen LogP contribution in [-0.4, -0.2) is 23.9 Å². The molecule has 1 radical (unpaired) electrons. The number of carbonyl (C=O) groups excluding carboxylic acids is 1. The fourth-order valence-electron chi connectivity index (χ4n) is 6.71. The van der Waals surface area contributed by atoms with Crippen molar-refractivity contribution in [3.63, 3.8) is 0 Å². The van der Waals surface area contributed by atoms with Crippen molar-refractivity contribution in [3.8, 4) is 22.8 Å². The summed E-state index contributed by atoms with van der Waals surface area (Å²) in [4.78, 5) is 16.6. The van der Waals surface area contributed by atoms with E-state index < -0.39 is 8.07 Å². The number of aliphatic hydroxyl groups is 1. The molecule has 5 aromatic rings. The number of thiophene rings is 1. The molecule has 0 fully saturated rings. The maximum absolute atomic E-state index is 11.7. The fraction of sp³-hybridized carbons (Fsp3) is 0.366. The minimum Gasteiger partial charge on any atom is -0.512 e. The largest absolute Gasteiger partial charge is 0.512 e. The van der Waals surface area contributed by atoms with Crippen molar-refractivity contribution < 1.29 is 34.7 Å². The smallest absolute Gasteiger partial charge is 0.162 e. The molecular formula is C41H48IrNO3SSi-. The zero-order chi connectivity index (χ0) is 33.9. The molecule has 255 valence electrons. The minimum absolute atomic E-state index is 0. The maximum atomic E-state index is 11.7. The molecular weight excluding hydrogens is 807 g/mol. The van der Waals surface area contributed by atoms with Gasteiger partial charge in [-0.05, 0) is 37.7 Å². The average Bonchev–Trinajstić information content (AvgIpc) is 3.46. The van der Waals surface area contributed by atoms with E-state index in [0.29, 0.717) is 5.92 Å². The number of nitrogens with zero attached hydrogens (tertiary/aromatic N) is 1. The van der Waals surface area contributed by atoms with Crippen LogP contribution in [0.2, 0.25) is 13.1 Å². The van der Waals surface area contributed by atoms with Crippen LogP contribution in [0.3, 0.4) is 0 Å². The monoisotopic (exact) mass is 855 g/mol. The first-order valence-corrected chi connectivity index (χ1v) is 21.0. The predicted molar refractivity (Wildman–Crippen MR) is 203 cm³/mol. The van der Waals surface area contributed by atoms with Crippen LogP contribution in [0.5, 0.6) is 11.5 Å². The number of hydrogen-bond acceptors (Lipinski definition) is 5. The molecule has 1 N–H and O–H groups in total. The summed E-state index contributed by atoms with van der Waals surface area (Å²) in [5, 5.41) is 14.7. The second kappa shape index (κ2) is 16.1. The Balaban J connectivity index is 0.000000279. The number of pyridine rings is 1. The molecule has 0 unspecified atom stereocenters. The van der Waals surface area contributed by atoms with Gasteiger partial charge < -0.3 is 9.84 Å². The molecule has 3 aromatic carbocycles. The zero-order valence-electron chi connectivity index (χ0n) is 29.4. The van der Waals surface area contributed by atoms with Gasteiger partial charge in [0.2, 0.25) is 0 Å². The first-order chi connectivity index (χ1) is 22.6. The molecule has 0 amide bonds. The van der Waals surface area contributed by atoms with E-state index in [9.17, 15) is 9.90 Å². The standard InChI is InChI=1S/C28H24NOSSi.C13H24O2.Ir/c1-17(2)23-20-13-9-8-10-18(20)16-21-25-24-22(14-15-29-25)31-28(27(24)30-26(21)23)32(3,4)19-11-6-5-7-12-19;1-5-10(6-2)12(14)9-13(15)11(7-3)8-4;/h5-15,17H,1-4H3;9-11,14H,5-8H2,1-4H3;/q-1;;/b;12-9-;. The SMILES string of the molecule is CC(C)c1c2c([c-]c3ccccc13)-c1nccc3sc([Si](C)(C)c4ccccc4)c(c13)O2.CCC(CC)C(=O)/C=C(\O)C(CC)CC.[Ir]. The van der Waals surface area contributed by atoms with Gasteiger partial charge in [-0.2, -0.15) is 0 Å². The third kappa shape index (κ3) is 7.26. The van der Waals surface area contributed by atoms with Crippen LogP contribution < -0.4 is 14.4 Å². The fourth-order valence-corrected chi connectivity index (χ4v) is 11.3. The van der Waals surface area contributed by atoms with E-state index in [2.05, 4.69) is 93.7 Å². The Hall–Kier alpha value is -3.09. The quantitative estimate of drug-likeness (QED) is 0.0645. The summed E-state index contributed by atoms with van der Waals surface area (Å²) in [5.74, 6) is 2.83. The second-order valence-electron chi connectivity index (χ2n) is 13.3. The summed E-state index contributed by atoms with van der Waals surface area (Å²) < 4.78 is 9.52. The van der Waals surface area contributed by atoms with E-state index in [0.717, 1.165) is 59.2 Å². The summed E-state index contributed by atoms with van der Waals surface area (Å²) in [6, 6.07) is 25.2. The van der Waals surface area contributed by atoms with E-state index >= 15 is 0 Å². The normalized spacial score (nSPS) is 12.5. The molecule has 48 heavy (non-hydrogen) atoms. The van der Waals surface area contributed by atoms with Crippen LogP contribution in [0.4, 0.5) is 0 Å². The van der Waals surface area contributed by atoms with Crippen molar-refractivity contribution in [1.82, 2.24) is 4.98 Å². The Labute approximate surface area is 305 Å². The Morgan fingerprint density at radius 1 is 0.917 bits per heavy atom. The molecule has 0 atom stereocenters. The van der Waals surface area contributed by atoms with E-state index in [1.807, 2.05) is 45.2 Å². The van der Waals surface area contributed by atoms with E-state index in [1.165, 1.54) is 31.4 Å². The van der Waals surface area contributed by atoms with Gasteiger partial charge in [0.05, 0.1) is 11.5 Å². The maximum Gasteiger partial charge on any atom is 0.162 e. The van der Waals surface area contributed by atoms with Gasteiger partial charge in [0.15, 0.2) is 5.78 Å². The summed E-state index contributed by atoms with van der Waals surface area (Å²) in [7, 11) is -1.96. The van der Waals surface area contributed by atoms with E-state index in [4.69, 9.17) is 9.72 Å². The number of aromatic nitrogens is 1. The number of aliphatic hydroxyl groups excluding tert-OH is 1. The van der Waals surface area contributed by atoms with Crippen LogP contribution in [-0.2, 0) is 24.9 Å². The number of fused-ring (bicyclic) bond motifs is 3. The van der Waals surface area contributed by atoms with E-state index in [1.54, 1.807) is 0 Å². The van der Waals surface area contributed by atoms with Crippen molar-refractivity contribution in [3.05, 3.63) is 90.3 Å². The Morgan fingerprint density at radius 3 is 2.17 bits per heavy atom. The first kappa shape index (κ1) is 37.7. The number of carbonyl (C=O) groups is 1. The number of rotatable bonds is 10. The number of ketones is 1. The van der Waals surface area contributed by atoms with Gasteiger partial charge in [-0.1, -0.05) is 125 Å². The van der Waals surface area contributed by atoms with Gasteiger partial charge in [0.1, 0.15) is 13.8 Å². The summed E-state index contributed by atoms with van der Waals surface area (Å²) in [5.41, 5.74) is 3.25. The van der Waals surface area contributed by atoms with Crippen LogP contribution in [0.1, 0.15) is 78.7 Å². The molecule has 0 bridgehead atoms. The molecule has 1 aliphatic heterocycles. The number of allylic oxidation sites excluding steroid dienone is 2. The van der Waals surface area contributed by atoms with Crippen LogP contribution in [0, 0.1) is 17.9 Å².